The second-order valence-electron chi connectivity index (χ2n) is 4.27. The predicted molar refractivity (Wildman–Crippen MR) is 76.6 cm³/mol. The smallest absolute Gasteiger partial charge is 0.264 e. The molecule has 2 N–H and O–H groups in total. The first kappa shape index (κ1) is 15.0. The Morgan fingerprint density at radius 2 is 1.62 bits per heavy atom. The van der Waals surface area contributed by atoms with Crippen LogP contribution in [0.25, 0.3) is 0 Å². The fourth-order valence-corrected chi connectivity index (χ4v) is 3.22. The second kappa shape index (κ2) is 5.92. The predicted octanol–water partition coefficient (Wildman–Crippen LogP) is 1.51. The number of hydrogen-bond acceptors (Lipinski definition) is 3. The van der Waals surface area contributed by atoms with Crippen LogP contribution in [-0.4, -0.2) is 20.9 Å². The Labute approximate surface area is 121 Å². The number of rotatable bonds is 5. The molecule has 0 aliphatic carbocycles. The number of benzene rings is 2. The lowest BCUT2D eigenvalue weighted by Gasteiger charge is -2.23. The van der Waals surface area contributed by atoms with E-state index in [1.54, 1.807) is 30.3 Å². The minimum absolute atomic E-state index is 0.117. The highest BCUT2D eigenvalue weighted by Crippen LogP contribution is 2.23. The standard InChI is InChI=1S/C14H13FN2O3S/c15-11-6-8-13(9-7-11)21(19,20)17(10-14(16)18)12-4-2-1-3-5-12/h1-9H,10H2,(H2,16,18). The van der Waals surface area contributed by atoms with Crippen LogP contribution >= 0.6 is 0 Å². The van der Waals surface area contributed by atoms with Crippen molar-refractivity contribution in [1.82, 2.24) is 0 Å². The molecule has 0 aromatic heterocycles. The summed E-state index contributed by atoms with van der Waals surface area (Å²) in [6, 6.07) is 12.5. The lowest BCUT2D eigenvalue weighted by Crippen LogP contribution is -2.38. The zero-order chi connectivity index (χ0) is 15.5. The number of halogens is 1. The average molecular weight is 308 g/mol. The molecule has 5 nitrogen and oxygen atoms in total. The van der Waals surface area contributed by atoms with Crippen LogP contribution in [-0.2, 0) is 14.8 Å². The highest BCUT2D eigenvalue weighted by molar-refractivity contribution is 7.92. The maximum atomic E-state index is 12.9. The number of carbonyl (C=O) groups excluding carboxylic acids is 1. The first-order valence-corrected chi connectivity index (χ1v) is 7.47. The van der Waals surface area contributed by atoms with Gasteiger partial charge in [0.25, 0.3) is 10.0 Å². The zero-order valence-corrected chi connectivity index (χ0v) is 11.8. The number of anilines is 1. The van der Waals surface area contributed by atoms with E-state index in [1.165, 1.54) is 0 Å². The van der Waals surface area contributed by atoms with Gasteiger partial charge in [-0.3, -0.25) is 9.10 Å². The van der Waals surface area contributed by atoms with Crippen molar-refractivity contribution in [2.45, 2.75) is 4.90 Å². The van der Waals surface area contributed by atoms with Gasteiger partial charge in [0.1, 0.15) is 12.4 Å². The molecule has 2 aromatic carbocycles. The summed E-state index contributed by atoms with van der Waals surface area (Å²) in [4.78, 5) is 11.1. The maximum absolute atomic E-state index is 12.9. The van der Waals surface area contributed by atoms with Gasteiger partial charge in [0, 0.05) is 0 Å². The number of carbonyl (C=O) groups is 1. The van der Waals surface area contributed by atoms with Gasteiger partial charge in [-0.05, 0) is 36.4 Å². The minimum Gasteiger partial charge on any atom is -0.368 e. The SMILES string of the molecule is NC(=O)CN(c1ccccc1)S(=O)(=O)c1ccc(F)cc1. The van der Waals surface area contributed by atoms with Crippen molar-refractivity contribution in [3.63, 3.8) is 0 Å². The molecule has 0 saturated heterocycles. The molecule has 7 heteroatoms. The van der Waals surface area contributed by atoms with Crippen LogP contribution in [0.2, 0.25) is 0 Å². The van der Waals surface area contributed by atoms with Crippen LogP contribution in [0, 0.1) is 5.82 Å². The van der Waals surface area contributed by atoms with Crippen LogP contribution in [0.1, 0.15) is 0 Å². The van der Waals surface area contributed by atoms with Crippen molar-refractivity contribution >= 4 is 21.6 Å². The molecule has 0 aliphatic rings. The maximum Gasteiger partial charge on any atom is 0.264 e. The van der Waals surface area contributed by atoms with E-state index in [2.05, 4.69) is 0 Å². The summed E-state index contributed by atoms with van der Waals surface area (Å²) in [7, 11) is -4.00. The summed E-state index contributed by atoms with van der Waals surface area (Å²) in [6.07, 6.45) is 0. The molecule has 110 valence electrons. The fraction of sp³-hybridized carbons (Fsp3) is 0.0714. The van der Waals surface area contributed by atoms with E-state index in [0.29, 0.717) is 5.69 Å². The number of sulfonamides is 1. The number of nitrogens with two attached hydrogens (primary N) is 1. The Kier molecular flexibility index (Phi) is 4.23. The van der Waals surface area contributed by atoms with Gasteiger partial charge in [0.15, 0.2) is 0 Å². The third-order valence-electron chi connectivity index (χ3n) is 2.75. The number of amides is 1. The normalized spacial score (nSPS) is 11.1. The summed E-state index contributed by atoms with van der Waals surface area (Å²) in [5, 5.41) is 0. The van der Waals surface area contributed by atoms with Gasteiger partial charge in [-0.25, -0.2) is 12.8 Å². The van der Waals surface area contributed by atoms with Crippen molar-refractivity contribution in [1.29, 1.82) is 0 Å². The average Bonchev–Trinajstić information content (AvgIpc) is 2.46. The van der Waals surface area contributed by atoms with Gasteiger partial charge in [-0.2, -0.15) is 0 Å². The third-order valence-corrected chi connectivity index (χ3v) is 4.53. The molecule has 0 spiro atoms. The number of primary amides is 1. The Balaban J connectivity index is 2.49. The van der Waals surface area contributed by atoms with Crippen LogP contribution < -0.4 is 10.0 Å². The van der Waals surface area contributed by atoms with Gasteiger partial charge in [-0.15, -0.1) is 0 Å². The Hall–Kier alpha value is -2.41. The van der Waals surface area contributed by atoms with Crippen molar-refractivity contribution in [2.24, 2.45) is 5.73 Å². The minimum atomic E-state index is -4.00. The highest BCUT2D eigenvalue weighted by Gasteiger charge is 2.26. The molecular weight excluding hydrogens is 295 g/mol. The molecule has 0 heterocycles. The van der Waals surface area contributed by atoms with Crippen molar-refractivity contribution in [2.75, 3.05) is 10.8 Å². The van der Waals surface area contributed by atoms with E-state index in [4.69, 9.17) is 5.73 Å². The summed E-state index contributed by atoms with van der Waals surface area (Å²) >= 11 is 0. The van der Waals surface area contributed by atoms with Crippen molar-refractivity contribution < 1.29 is 17.6 Å². The first-order valence-electron chi connectivity index (χ1n) is 6.03. The van der Waals surface area contributed by atoms with E-state index < -0.39 is 28.3 Å². The van der Waals surface area contributed by atoms with Crippen LogP contribution in [0.4, 0.5) is 10.1 Å². The number of para-hydroxylation sites is 1. The lowest BCUT2D eigenvalue weighted by molar-refractivity contribution is -0.116. The van der Waals surface area contributed by atoms with E-state index in [1.807, 2.05) is 0 Å². The lowest BCUT2D eigenvalue weighted by atomic mass is 10.3. The summed E-state index contributed by atoms with van der Waals surface area (Å²) < 4.78 is 39.0. The fourth-order valence-electron chi connectivity index (χ4n) is 1.78. The van der Waals surface area contributed by atoms with E-state index in [9.17, 15) is 17.6 Å². The highest BCUT2D eigenvalue weighted by atomic mass is 32.2. The van der Waals surface area contributed by atoms with Gasteiger partial charge in [0.2, 0.25) is 5.91 Å². The first-order chi connectivity index (χ1) is 9.91. The Morgan fingerprint density at radius 1 is 1.05 bits per heavy atom. The molecule has 0 unspecified atom stereocenters. The largest absolute Gasteiger partial charge is 0.368 e. The molecule has 2 aromatic rings. The quantitative estimate of drug-likeness (QED) is 0.909. The topological polar surface area (TPSA) is 80.5 Å². The molecule has 0 aliphatic heterocycles. The molecule has 2 rings (SSSR count). The third kappa shape index (κ3) is 3.38. The Morgan fingerprint density at radius 3 is 2.14 bits per heavy atom. The van der Waals surface area contributed by atoms with E-state index >= 15 is 0 Å². The van der Waals surface area contributed by atoms with E-state index in [-0.39, 0.29) is 4.90 Å². The molecule has 0 bridgehead atoms. The summed E-state index contributed by atoms with van der Waals surface area (Å²) in [6.45, 7) is -0.496. The molecule has 0 atom stereocenters. The van der Waals surface area contributed by atoms with Gasteiger partial charge in [-0.1, -0.05) is 18.2 Å². The summed E-state index contributed by atoms with van der Waals surface area (Å²) in [5.41, 5.74) is 5.43. The second-order valence-corrected chi connectivity index (χ2v) is 6.13. The van der Waals surface area contributed by atoms with Crippen LogP contribution in [0.5, 0.6) is 0 Å². The van der Waals surface area contributed by atoms with Crippen molar-refractivity contribution in [3.8, 4) is 0 Å². The molecular formula is C14H13FN2O3S. The zero-order valence-electron chi connectivity index (χ0n) is 10.9. The molecule has 21 heavy (non-hydrogen) atoms. The van der Waals surface area contributed by atoms with Crippen LogP contribution in [0.15, 0.2) is 59.5 Å². The van der Waals surface area contributed by atoms with Crippen molar-refractivity contribution in [3.05, 3.63) is 60.4 Å². The molecule has 0 fully saturated rings. The Bertz CT molecular complexity index is 731. The summed E-state index contributed by atoms with van der Waals surface area (Å²) in [5.74, 6) is -1.33. The van der Waals surface area contributed by atoms with E-state index in [0.717, 1.165) is 28.6 Å². The molecule has 1 amide bonds. The number of hydrogen-bond donors (Lipinski definition) is 1. The molecule has 0 saturated carbocycles. The number of nitrogens with zero attached hydrogens (tertiary/aromatic N) is 1. The van der Waals surface area contributed by atoms with Gasteiger partial charge >= 0.3 is 0 Å². The van der Waals surface area contributed by atoms with Crippen LogP contribution in [0.3, 0.4) is 0 Å². The van der Waals surface area contributed by atoms with Gasteiger partial charge in [0.05, 0.1) is 10.6 Å². The van der Waals surface area contributed by atoms with Gasteiger partial charge < -0.3 is 5.73 Å². The molecule has 0 radical (unpaired) electrons. The monoisotopic (exact) mass is 308 g/mol.